The molecule has 0 radical (unpaired) electrons. The van der Waals surface area contributed by atoms with Crippen LogP contribution in [-0.4, -0.2) is 29.8 Å². The normalized spacial score (nSPS) is 16.6. The number of carbonyl (C=O) groups is 1. The fourth-order valence-electron chi connectivity index (χ4n) is 2.06. The van der Waals surface area contributed by atoms with E-state index in [-0.39, 0.29) is 24.6 Å². The Balaban J connectivity index is 1.78. The lowest BCUT2D eigenvalue weighted by atomic mass is 9.80. The molecule has 1 aromatic carbocycles. The van der Waals surface area contributed by atoms with Gasteiger partial charge in [-0.15, -0.1) is 0 Å². The molecule has 6 heteroatoms. The van der Waals surface area contributed by atoms with Gasteiger partial charge in [-0.2, -0.15) is 8.78 Å². The van der Waals surface area contributed by atoms with Crippen molar-refractivity contribution in [1.29, 1.82) is 0 Å². The van der Waals surface area contributed by atoms with Crippen molar-refractivity contribution in [2.75, 3.05) is 6.54 Å². The van der Waals surface area contributed by atoms with E-state index in [1.54, 1.807) is 12.1 Å². The highest BCUT2D eigenvalue weighted by molar-refractivity contribution is 5.78. The molecule has 0 saturated heterocycles. The largest absolute Gasteiger partial charge is 0.435 e. The Bertz CT molecular complexity index is 458. The zero-order chi connectivity index (χ0) is 14.6. The smallest absolute Gasteiger partial charge is 0.387 e. The summed E-state index contributed by atoms with van der Waals surface area (Å²) in [6.07, 6.45) is 2.56. The fourth-order valence-corrected chi connectivity index (χ4v) is 2.06. The second-order valence-electron chi connectivity index (χ2n) is 5.05. The average Bonchev–Trinajstić information content (AvgIpc) is 2.36. The molecule has 0 spiro atoms. The number of hydrogen-bond acceptors (Lipinski definition) is 3. The van der Waals surface area contributed by atoms with Crippen LogP contribution in [0.4, 0.5) is 8.78 Å². The van der Waals surface area contributed by atoms with Gasteiger partial charge in [0.15, 0.2) is 0 Å². The van der Waals surface area contributed by atoms with Gasteiger partial charge in [-0.25, -0.2) is 0 Å². The molecule has 1 aromatic rings. The minimum absolute atomic E-state index is 0.0629. The summed E-state index contributed by atoms with van der Waals surface area (Å²) in [5.41, 5.74) is -0.0466. The quantitative estimate of drug-likeness (QED) is 0.839. The predicted molar refractivity (Wildman–Crippen MR) is 68.6 cm³/mol. The molecule has 0 aliphatic heterocycles. The summed E-state index contributed by atoms with van der Waals surface area (Å²) in [6, 6.07) is 5.92. The first kappa shape index (κ1) is 14.7. The Morgan fingerprint density at radius 1 is 1.35 bits per heavy atom. The highest BCUT2D eigenvalue weighted by atomic mass is 19.3. The molecule has 1 aliphatic rings. The molecule has 1 aliphatic carbocycles. The zero-order valence-electron chi connectivity index (χ0n) is 10.9. The van der Waals surface area contributed by atoms with Crippen LogP contribution < -0.4 is 10.1 Å². The van der Waals surface area contributed by atoms with Crippen LogP contribution in [0.5, 0.6) is 5.75 Å². The lowest BCUT2D eigenvalue weighted by Gasteiger charge is -2.36. The van der Waals surface area contributed by atoms with Crippen molar-refractivity contribution in [3.63, 3.8) is 0 Å². The second kappa shape index (κ2) is 6.17. The lowest BCUT2D eigenvalue weighted by molar-refractivity contribution is -0.122. The Hall–Kier alpha value is -1.69. The molecule has 0 aromatic heterocycles. The molecular formula is C14H17F2NO3. The van der Waals surface area contributed by atoms with Gasteiger partial charge >= 0.3 is 6.61 Å². The van der Waals surface area contributed by atoms with Crippen LogP contribution in [0.3, 0.4) is 0 Å². The number of alkyl halides is 2. The molecular weight excluding hydrogens is 268 g/mol. The van der Waals surface area contributed by atoms with Crippen LogP contribution in [0.25, 0.3) is 0 Å². The fraction of sp³-hybridized carbons (Fsp3) is 0.500. The standard InChI is InChI=1S/C14H17F2NO3/c15-13(16)20-11-4-2-10(3-5-11)8-12(18)17-9-14(19)6-1-7-14/h2-5,13,19H,1,6-9H2,(H,17,18). The molecule has 0 unspecified atom stereocenters. The SMILES string of the molecule is O=C(Cc1ccc(OC(F)F)cc1)NCC1(O)CCC1. The van der Waals surface area contributed by atoms with Crippen LogP contribution in [0.1, 0.15) is 24.8 Å². The third kappa shape index (κ3) is 4.16. The monoisotopic (exact) mass is 285 g/mol. The maximum Gasteiger partial charge on any atom is 0.387 e. The van der Waals surface area contributed by atoms with Crippen molar-refractivity contribution in [3.8, 4) is 5.75 Å². The highest BCUT2D eigenvalue weighted by Gasteiger charge is 2.34. The lowest BCUT2D eigenvalue weighted by Crippen LogP contribution is -2.48. The van der Waals surface area contributed by atoms with Gasteiger partial charge in [0.1, 0.15) is 5.75 Å². The zero-order valence-corrected chi connectivity index (χ0v) is 10.9. The molecule has 0 heterocycles. The summed E-state index contributed by atoms with van der Waals surface area (Å²) >= 11 is 0. The maximum atomic E-state index is 12.0. The van der Waals surface area contributed by atoms with Crippen LogP contribution in [0.2, 0.25) is 0 Å². The molecule has 1 saturated carbocycles. The van der Waals surface area contributed by atoms with Gasteiger partial charge in [0, 0.05) is 6.54 Å². The van der Waals surface area contributed by atoms with Crippen molar-refractivity contribution < 1.29 is 23.4 Å². The van der Waals surface area contributed by atoms with Gasteiger partial charge in [-0.3, -0.25) is 4.79 Å². The molecule has 20 heavy (non-hydrogen) atoms. The first-order chi connectivity index (χ1) is 9.47. The second-order valence-corrected chi connectivity index (χ2v) is 5.05. The number of hydrogen-bond donors (Lipinski definition) is 2. The first-order valence-electron chi connectivity index (χ1n) is 6.50. The molecule has 1 fully saturated rings. The minimum Gasteiger partial charge on any atom is -0.435 e. The Labute approximate surface area is 115 Å². The summed E-state index contributed by atoms with van der Waals surface area (Å²) in [7, 11) is 0. The molecule has 0 atom stereocenters. The number of halogens is 2. The van der Waals surface area contributed by atoms with Crippen LogP contribution in [0.15, 0.2) is 24.3 Å². The van der Waals surface area contributed by atoms with Gasteiger partial charge in [-0.1, -0.05) is 12.1 Å². The maximum absolute atomic E-state index is 12.0. The van der Waals surface area contributed by atoms with Gasteiger partial charge in [0.05, 0.1) is 12.0 Å². The minimum atomic E-state index is -2.85. The van der Waals surface area contributed by atoms with E-state index < -0.39 is 12.2 Å². The summed E-state index contributed by atoms with van der Waals surface area (Å²) in [4.78, 5) is 11.7. The van der Waals surface area contributed by atoms with E-state index in [4.69, 9.17) is 0 Å². The van der Waals surface area contributed by atoms with Crippen molar-refractivity contribution in [1.82, 2.24) is 5.32 Å². The Kier molecular flexibility index (Phi) is 4.54. The third-order valence-corrected chi connectivity index (χ3v) is 3.41. The number of nitrogens with one attached hydrogen (secondary N) is 1. The topological polar surface area (TPSA) is 58.6 Å². The third-order valence-electron chi connectivity index (χ3n) is 3.41. The number of carbonyl (C=O) groups excluding carboxylic acids is 1. The molecule has 0 bridgehead atoms. The van der Waals surface area contributed by atoms with Gasteiger partial charge < -0.3 is 15.2 Å². The number of benzene rings is 1. The summed E-state index contributed by atoms with van der Waals surface area (Å²) in [5, 5.41) is 12.5. The summed E-state index contributed by atoms with van der Waals surface area (Å²) in [6.45, 7) is -2.59. The number of ether oxygens (including phenoxy) is 1. The van der Waals surface area contributed by atoms with Crippen molar-refractivity contribution >= 4 is 5.91 Å². The average molecular weight is 285 g/mol. The summed E-state index contributed by atoms with van der Waals surface area (Å²) in [5.74, 6) is -0.138. The molecule has 2 N–H and O–H groups in total. The first-order valence-corrected chi connectivity index (χ1v) is 6.50. The van der Waals surface area contributed by atoms with Crippen molar-refractivity contribution in [2.24, 2.45) is 0 Å². The van der Waals surface area contributed by atoms with Gasteiger partial charge in [-0.05, 0) is 37.0 Å². The molecule has 110 valence electrons. The number of amides is 1. The highest BCUT2D eigenvalue weighted by Crippen LogP contribution is 2.30. The van der Waals surface area contributed by atoms with Crippen LogP contribution in [0, 0.1) is 0 Å². The van der Waals surface area contributed by atoms with Gasteiger partial charge in [0.25, 0.3) is 0 Å². The number of rotatable bonds is 6. The van der Waals surface area contributed by atoms with E-state index in [0.29, 0.717) is 18.4 Å². The van der Waals surface area contributed by atoms with E-state index in [0.717, 1.165) is 6.42 Å². The van der Waals surface area contributed by atoms with E-state index in [1.807, 2.05) is 0 Å². The van der Waals surface area contributed by atoms with E-state index in [2.05, 4.69) is 10.1 Å². The van der Waals surface area contributed by atoms with Crippen LogP contribution >= 0.6 is 0 Å². The summed E-state index contributed by atoms with van der Waals surface area (Å²) < 4.78 is 28.2. The molecule has 4 nitrogen and oxygen atoms in total. The molecule has 2 rings (SSSR count). The number of aliphatic hydroxyl groups is 1. The van der Waals surface area contributed by atoms with E-state index in [1.165, 1.54) is 12.1 Å². The Morgan fingerprint density at radius 2 is 2.00 bits per heavy atom. The molecule has 1 amide bonds. The van der Waals surface area contributed by atoms with Crippen LogP contribution in [-0.2, 0) is 11.2 Å². The van der Waals surface area contributed by atoms with E-state index >= 15 is 0 Å². The van der Waals surface area contributed by atoms with Crippen molar-refractivity contribution in [2.45, 2.75) is 37.9 Å². The van der Waals surface area contributed by atoms with Crippen molar-refractivity contribution in [3.05, 3.63) is 29.8 Å². The van der Waals surface area contributed by atoms with Gasteiger partial charge in [0.2, 0.25) is 5.91 Å². The Morgan fingerprint density at radius 3 is 2.50 bits per heavy atom. The van der Waals surface area contributed by atoms with E-state index in [9.17, 15) is 18.7 Å². The predicted octanol–water partition coefficient (Wildman–Crippen LogP) is 1.86.